The van der Waals surface area contributed by atoms with Crippen molar-refractivity contribution in [2.24, 2.45) is 5.41 Å². The van der Waals surface area contributed by atoms with Crippen molar-refractivity contribution in [3.8, 4) is 0 Å². The van der Waals surface area contributed by atoms with E-state index in [2.05, 4.69) is 12.2 Å². The maximum atomic E-state index is 12.9. The fourth-order valence-corrected chi connectivity index (χ4v) is 4.73. The highest BCUT2D eigenvalue weighted by atomic mass is 16.2. The topological polar surface area (TPSA) is 69.7 Å². The van der Waals surface area contributed by atoms with Crippen molar-refractivity contribution in [3.05, 3.63) is 0 Å². The van der Waals surface area contributed by atoms with Crippen molar-refractivity contribution < 1.29 is 14.4 Å². The SMILES string of the molecule is CC1CCCN1C(=O)CN1C(=O)C(NC(=O)C(C)(C)C)C12CCCCC2. The first kappa shape index (κ1) is 19.2. The normalized spacial score (nSPS) is 28.2. The van der Waals surface area contributed by atoms with Crippen molar-refractivity contribution >= 4 is 17.7 Å². The Hall–Kier alpha value is -1.59. The van der Waals surface area contributed by atoms with Gasteiger partial charge < -0.3 is 15.1 Å². The second kappa shape index (κ2) is 6.86. The smallest absolute Gasteiger partial charge is 0.248 e. The monoisotopic (exact) mass is 363 g/mol. The Morgan fingerprint density at radius 1 is 1.15 bits per heavy atom. The summed E-state index contributed by atoms with van der Waals surface area (Å²) in [7, 11) is 0. The van der Waals surface area contributed by atoms with Gasteiger partial charge in [0.2, 0.25) is 17.7 Å². The first-order chi connectivity index (χ1) is 12.2. The van der Waals surface area contributed by atoms with Gasteiger partial charge in [-0.3, -0.25) is 14.4 Å². The summed E-state index contributed by atoms with van der Waals surface area (Å²) in [6.45, 7) is 8.59. The molecule has 0 bridgehead atoms. The summed E-state index contributed by atoms with van der Waals surface area (Å²) in [5, 5.41) is 2.99. The molecule has 0 aromatic heterocycles. The molecule has 2 saturated heterocycles. The molecule has 1 aliphatic carbocycles. The largest absolute Gasteiger partial charge is 0.342 e. The number of β-lactam (4-membered cyclic amide) rings is 1. The molecule has 26 heavy (non-hydrogen) atoms. The molecule has 1 N–H and O–H groups in total. The Morgan fingerprint density at radius 3 is 2.35 bits per heavy atom. The molecule has 1 saturated carbocycles. The van der Waals surface area contributed by atoms with E-state index in [4.69, 9.17) is 0 Å². The number of rotatable bonds is 3. The van der Waals surface area contributed by atoms with Crippen molar-refractivity contribution in [2.45, 2.75) is 90.3 Å². The van der Waals surface area contributed by atoms with Crippen LogP contribution in [0.15, 0.2) is 0 Å². The zero-order valence-electron chi connectivity index (χ0n) is 16.6. The maximum absolute atomic E-state index is 12.9. The molecule has 3 aliphatic rings. The van der Waals surface area contributed by atoms with Gasteiger partial charge in [0.25, 0.3) is 0 Å². The Labute approximate surface area is 156 Å². The third kappa shape index (κ3) is 3.23. The molecule has 3 amide bonds. The summed E-state index contributed by atoms with van der Waals surface area (Å²) in [4.78, 5) is 41.8. The third-order valence-corrected chi connectivity index (χ3v) is 6.43. The fraction of sp³-hybridized carbons (Fsp3) is 0.850. The molecule has 146 valence electrons. The summed E-state index contributed by atoms with van der Waals surface area (Å²) in [5.41, 5.74) is -0.897. The maximum Gasteiger partial charge on any atom is 0.248 e. The quantitative estimate of drug-likeness (QED) is 0.781. The summed E-state index contributed by atoms with van der Waals surface area (Å²) < 4.78 is 0. The van der Waals surface area contributed by atoms with Crippen LogP contribution in [0.2, 0.25) is 0 Å². The van der Waals surface area contributed by atoms with Gasteiger partial charge >= 0.3 is 0 Å². The molecule has 1 spiro atoms. The molecule has 3 fully saturated rings. The lowest BCUT2D eigenvalue weighted by atomic mass is 9.68. The Kier molecular flexibility index (Phi) is 5.06. The minimum atomic E-state index is -0.530. The molecule has 3 rings (SSSR count). The predicted octanol–water partition coefficient (Wildman–Crippen LogP) is 2.07. The third-order valence-electron chi connectivity index (χ3n) is 6.43. The molecular formula is C20H33N3O3. The summed E-state index contributed by atoms with van der Waals surface area (Å²) >= 11 is 0. The molecule has 0 aromatic rings. The van der Waals surface area contributed by atoms with Crippen LogP contribution in [0.4, 0.5) is 0 Å². The van der Waals surface area contributed by atoms with Gasteiger partial charge in [-0.2, -0.15) is 0 Å². The van der Waals surface area contributed by atoms with Crippen LogP contribution in [0, 0.1) is 5.41 Å². The summed E-state index contributed by atoms with van der Waals surface area (Å²) in [6.07, 6.45) is 7.06. The van der Waals surface area contributed by atoms with Crippen LogP contribution in [-0.2, 0) is 14.4 Å². The lowest BCUT2D eigenvalue weighted by Crippen LogP contribution is -2.80. The molecule has 2 atom stereocenters. The highest BCUT2D eigenvalue weighted by Crippen LogP contribution is 2.44. The van der Waals surface area contributed by atoms with E-state index in [1.54, 1.807) is 4.90 Å². The lowest BCUT2D eigenvalue weighted by molar-refractivity contribution is -0.174. The van der Waals surface area contributed by atoms with Gasteiger partial charge in [0.15, 0.2) is 0 Å². The van der Waals surface area contributed by atoms with Gasteiger partial charge in [-0.25, -0.2) is 0 Å². The van der Waals surface area contributed by atoms with Crippen molar-refractivity contribution in [2.75, 3.05) is 13.1 Å². The van der Waals surface area contributed by atoms with Crippen LogP contribution in [-0.4, -0.2) is 58.2 Å². The highest BCUT2D eigenvalue weighted by molar-refractivity contribution is 5.98. The van der Waals surface area contributed by atoms with Gasteiger partial charge in [0.1, 0.15) is 12.6 Å². The molecule has 2 heterocycles. The number of carbonyl (C=O) groups is 3. The van der Waals surface area contributed by atoms with Gasteiger partial charge in [-0.1, -0.05) is 40.0 Å². The van der Waals surface area contributed by atoms with Gasteiger partial charge in [0, 0.05) is 18.0 Å². The molecular weight excluding hydrogens is 330 g/mol. The second-order valence-corrected chi connectivity index (χ2v) is 9.32. The van der Waals surface area contributed by atoms with Crippen molar-refractivity contribution in [3.63, 3.8) is 0 Å². The van der Waals surface area contributed by atoms with Gasteiger partial charge in [-0.05, 0) is 32.6 Å². The Bertz CT molecular complexity index is 590. The van der Waals surface area contributed by atoms with E-state index in [0.717, 1.165) is 51.5 Å². The zero-order valence-corrected chi connectivity index (χ0v) is 16.6. The predicted molar refractivity (Wildman–Crippen MR) is 99.3 cm³/mol. The van der Waals surface area contributed by atoms with Crippen LogP contribution in [0.25, 0.3) is 0 Å². The summed E-state index contributed by atoms with van der Waals surface area (Å²) in [6, 6.07) is -0.212. The molecule has 6 heteroatoms. The molecule has 6 nitrogen and oxygen atoms in total. The van der Waals surface area contributed by atoms with Gasteiger partial charge in [0.05, 0.1) is 5.54 Å². The number of amides is 3. The number of nitrogens with zero attached hydrogens (tertiary/aromatic N) is 2. The second-order valence-electron chi connectivity index (χ2n) is 9.32. The van der Waals surface area contributed by atoms with E-state index in [1.165, 1.54) is 0 Å². The molecule has 2 aliphatic heterocycles. The molecule has 2 unspecified atom stereocenters. The average Bonchev–Trinajstić information content (AvgIpc) is 3.03. The van der Waals surface area contributed by atoms with E-state index < -0.39 is 11.5 Å². The highest BCUT2D eigenvalue weighted by Gasteiger charge is 2.61. The van der Waals surface area contributed by atoms with Crippen LogP contribution in [0.3, 0.4) is 0 Å². The molecule has 0 radical (unpaired) electrons. The average molecular weight is 364 g/mol. The number of likely N-dealkylation sites (tertiary alicyclic amines) is 2. The van der Waals surface area contributed by atoms with Crippen LogP contribution in [0.1, 0.15) is 72.6 Å². The number of nitrogens with one attached hydrogen (secondary N) is 1. The van der Waals surface area contributed by atoms with E-state index >= 15 is 0 Å². The zero-order chi connectivity index (χ0) is 19.1. The van der Waals surface area contributed by atoms with E-state index in [0.29, 0.717) is 0 Å². The molecule has 0 aromatic carbocycles. The van der Waals surface area contributed by atoms with E-state index in [9.17, 15) is 14.4 Å². The summed E-state index contributed by atoms with van der Waals surface area (Å²) in [5.74, 6) is -0.140. The van der Waals surface area contributed by atoms with Gasteiger partial charge in [-0.15, -0.1) is 0 Å². The number of hydrogen-bond acceptors (Lipinski definition) is 3. The van der Waals surface area contributed by atoms with Crippen LogP contribution < -0.4 is 5.32 Å². The number of hydrogen-bond donors (Lipinski definition) is 1. The first-order valence-electron chi connectivity index (χ1n) is 10.1. The van der Waals surface area contributed by atoms with E-state index in [1.807, 2.05) is 25.7 Å². The minimum Gasteiger partial charge on any atom is -0.342 e. The Morgan fingerprint density at radius 2 is 1.81 bits per heavy atom. The minimum absolute atomic E-state index is 0.0499. The Balaban J connectivity index is 1.74. The van der Waals surface area contributed by atoms with Crippen LogP contribution >= 0.6 is 0 Å². The first-order valence-corrected chi connectivity index (χ1v) is 10.1. The standard InChI is InChI=1S/C20H33N3O3/c1-14-9-8-12-22(14)15(24)13-23-17(25)16(21-18(26)19(2,3)4)20(23)10-6-5-7-11-20/h14,16H,5-13H2,1-4H3,(H,21,26). The lowest BCUT2D eigenvalue weighted by Gasteiger charge is -2.59. The fourth-order valence-electron chi connectivity index (χ4n) is 4.73. The van der Waals surface area contributed by atoms with Crippen molar-refractivity contribution in [1.29, 1.82) is 0 Å². The van der Waals surface area contributed by atoms with Crippen LogP contribution in [0.5, 0.6) is 0 Å². The van der Waals surface area contributed by atoms with Crippen molar-refractivity contribution in [1.82, 2.24) is 15.1 Å². The van der Waals surface area contributed by atoms with E-state index in [-0.39, 0.29) is 35.8 Å². The number of carbonyl (C=O) groups excluding carboxylic acids is 3.